The van der Waals surface area contributed by atoms with E-state index in [1.807, 2.05) is 49.4 Å². The number of H-pyrrole nitrogens is 1. The van der Waals surface area contributed by atoms with Crippen LogP contribution in [-0.2, 0) is 4.79 Å². The van der Waals surface area contributed by atoms with Gasteiger partial charge in [-0.25, -0.2) is 0 Å². The monoisotopic (exact) mass is 431 g/mol. The molecular weight excluding hydrogens is 398 g/mol. The lowest BCUT2D eigenvalue weighted by Crippen LogP contribution is -2.41. The number of hydrogen-bond donors (Lipinski definition) is 2. The third kappa shape index (κ3) is 4.16. The van der Waals surface area contributed by atoms with Gasteiger partial charge in [0.1, 0.15) is 6.54 Å². The van der Waals surface area contributed by atoms with Crippen molar-refractivity contribution in [3.8, 4) is 0 Å². The number of unbranched alkanes of at least 4 members (excludes halogenated alkanes) is 1. The SMILES string of the molecule is CCCC[C@@H](CC)CNC(=O)CN1C(=O)c2ccccc2[C@H]1c1c(C)[nH]c2ccccc12. The molecule has 1 aliphatic heterocycles. The highest BCUT2D eigenvalue weighted by atomic mass is 16.2. The Bertz CT molecular complexity index is 1120. The fraction of sp³-hybridized carbons (Fsp3) is 0.407. The second kappa shape index (κ2) is 9.60. The number of aromatic amines is 1. The van der Waals surface area contributed by atoms with E-state index in [0.29, 0.717) is 18.0 Å². The summed E-state index contributed by atoms with van der Waals surface area (Å²) < 4.78 is 0. The third-order valence-corrected chi connectivity index (χ3v) is 6.72. The zero-order chi connectivity index (χ0) is 22.7. The number of benzene rings is 2. The minimum atomic E-state index is -0.275. The van der Waals surface area contributed by atoms with Gasteiger partial charge in [0, 0.05) is 34.3 Å². The fourth-order valence-electron chi connectivity index (χ4n) is 4.91. The van der Waals surface area contributed by atoms with Crippen LogP contribution < -0.4 is 5.32 Å². The minimum absolute atomic E-state index is 0.0569. The maximum atomic E-state index is 13.4. The van der Waals surface area contributed by atoms with Crippen molar-refractivity contribution < 1.29 is 9.59 Å². The van der Waals surface area contributed by atoms with Crippen LogP contribution in [0.1, 0.15) is 72.8 Å². The smallest absolute Gasteiger partial charge is 0.255 e. The molecule has 0 saturated carbocycles. The molecule has 0 fully saturated rings. The number of amides is 2. The maximum Gasteiger partial charge on any atom is 0.255 e. The molecule has 3 aromatic rings. The van der Waals surface area contributed by atoms with Crippen LogP contribution in [-0.4, -0.2) is 34.8 Å². The number of aryl methyl sites for hydroxylation is 1. The summed E-state index contributed by atoms with van der Waals surface area (Å²) in [7, 11) is 0. The standard InChI is InChI=1S/C27H33N3O2/c1-4-6-11-19(5-2)16-28-24(31)17-30-26(20-12-7-8-13-21(20)27(30)32)25-18(3)29-23-15-10-9-14-22(23)25/h7-10,12-15,19,26,29H,4-6,11,16-17H2,1-3H3,(H,28,31)/t19-,26+/m1/s1. The van der Waals surface area contributed by atoms with Gasteiger partial charge in [0.15, 0.2) is 0 Å². The average Bonchev–Trinajstić information content (AvgIpc) is 3.27. The quantitative estimate of drug-likeness (QED) is 0.479. The van der Waals surface area contributed by atoms with Crippen molar-refractivity contribution >= 4 is 22.7 Å². The number of aromatic nitrogens is 1. The van der Waals surface area contributed by atoms with E-state index in [2.05, 4.69) is 30.2 Å². The molecule has 4 rings (SSSR count). The van der Waals surface area contributed by atoms with Crippen LogP contribution in [0.4, 0.5) is 0 Å². The van der Waals surface area contributed by atoms with Crippen LogP contribution in [0.25, 0.3) is 10.9 Å². The second-order valence-electron chi connectivity index (χ2n) is 8.85. The second-order valence-corrected chi connectivity index (χ2v) is 8.85. The van der Waals surface area contributed by atoms with Crippen LogP contribution >= 0.6 is 0 Å². The average molecular weight is 432 g/mol. The number of nitrogens with one attached hydrogen (secondary N) is 2. The predicted molar refractivity (Wildman–Crippen MR) is 129 cm³/mol. The van der Waals surface area contributed by atoms with Gasteiger partial charge in [-0.05, 0) is 37.0 Å². The molecule has 5 heteroatoms. The Morgan fingerprint density at radius 3 is 2.66 bits per heavy atom. The highest BCUT2D eigenvalue weighted by molar-refractivity contribution is 6.02. The summed E-state index contributed by atoms with van der Waals surface area (Å²) in [6.07, 6.45) is 4.51. The summed E-state index contributed by atoms with van der Waals surface area (Å²) in [5, 5.41) is 4.19. The summed E-state index contributed by atoms with van der Waals surface area (Å²) in [4.78, 5) is 31.5. The molecule has 2 N–H and O–H groups in total. The number of hydrogen-bond acceptors (Lipinski definition) is 2. The Hall–Kier alpha value is -3.08. The van der Waals surface area contributed by atoms with E-state index in [9.17, 15) is 9.59 Å². The molecule has 0 radical (unpaired) electrons. The first-order chi connectivity index (χ1) is 15.5. The number of rotatable bonds is 9. The van der Waals surface area contributed by atoms with E-state index in [-0.39, 0.29) is 24.4 Å². The van der Waals surface area contributed by atoms with Crippen molar-refractivity contribution in [3.63, 3.8) is 0 Å². The summed E-state index contributed by atoms with van der Waals surface area (Å²) >= 11 is 0. The minimum Gasteiger partial charge on any atom is -0.358 e. The molecule has 5 nitrogen and oxygen atoms in total. The Labute approximate surface area is 190 Å². The van der Waals surface area contributed by atoms with E-state index >= 15 is 0 Å². The van der Waals surface area contributed by atoms with Gasteiger partial charge in [-0.3, -0.25) is 9.59 Å². The number of nitrogens with zero attached hydrogens (tertiary/aromatic N) is 1. The van der Waals surface area contributed by atoms with Gasteiger partial charge in [-0.1, -0.05) is 69.5 Å². The van der Waals surface area contributed by atoms with Gasteiger partial charge in [0.25, 0.3) is 5.91 Å². The van der Waals surface area contributed by atoms with Crippen LogP contribution in [0.15, 0.2) is 48.5 Å². The lowest BCUT2D eigenvalue weighted by atomic mass is 9.95. The summed E-state index contributed by atoms with van der Waals surface area (Å²) in [6.45, 7) is 7.12. The van der Waals surface area contributed by atoms with Crippen LogP contribution in [0.2, 0.25) is 0 Å². The molecule has 0 saturated heterocycles. The van der Waals surface area contributed by atoms with E-state index in [4.69, 9.17) is 0 Å². The molecule has 2 amide bonds. The van der Waals surface area contributed by atoms with Gasteiger partial charge in [0.2, 0.25) is 5.91 Å². The molecule has 2 atom stereocenters. The Balaban J connectivity index is 1.61. The van der Waals surface area contributed by atoms with E-state index in [0.717, 1.165) is 47.0 Å². The Morgan fingerprint density at radius 2 is 1.88 bits per heavy atom. The molecule has 0 bridgehead atoms. The van der Waals surface area contributed by atoms with E-state index in [1.165, 1.54) is 6.42 Å². The largest absolute Gasteiger partial charge is 0.358 e. The van der Waals surface area contributed by atoms with Crippen molar-refractivity contribution in [3.05, 3.63) is 70.9 Å². The maximum absolute atomic E-state index is 13.4. The van der Waals surface area contributed by atoms with Crippen LogP contribution in [0, 0.1) is 12.8 Å². The van der Waals surface area contributed by atoms with Gasteiger partial charge >= 0.3 is 0 Å². The lowest BCUT2D eigenvalue weighted by Gasteiger charge is -2.26. The van der Waals surface area contributed by atoms with Crippen molar-refractivity contribution in [1.82, 2.24) is 15.2 Å². The van der Waals surface area contributed by atoms with Gasteiger partial charge < -0.3 is 15.2 Å². The van der Waals surface area contributed by atoms with Gasteiger partial charge in [-0.2, -0.15) is 0 Å². The Morgan fingerprint density at radius 1 is 1.12 bits per heavy atom. The normalized spacial score (nSPS) is 16.4. The number of para-hydroxylation sites is 1. The molecule has 2 heterocycles. The molecule has 168 valence electrons. The molecule has 2 aromatic carbocycles. The zero-order valence-corrected chi connectivity index (χ0v) is 19.3. The number of carbonyl (C=O) groups excluding carboxylic acids is 2. The fourth-order valence-corrected chi connectivity index (χ4v) is 4.91. The first-order valence-electron chi connectivity index (χ1n) is 11.8. The number of fused-ring (bicyclic) bond motifs is 2. The molecule has 1 aliphatic rings. The van der Waals surface area contributed by atoms with Crippen molar-refractivity contribution in [2.75, 3.05) is 13.1 Å². The molecule has 0 unspecified atom stereocenters. The van der Waals surface area contributed by atoms with Crippen LogP contribution in [0.3, 0.4) is 0 Å². The predicted octanol–water partition coefficient (Wildman–Crippen LogP) is 5.35. The lowest BCUT2D eigenvalue weighted by molar-refractivity contribution is -0.122. The zero-order valence-electron chi connectivity index (χ0n) is 19.3. The highest BCUT2D eigenvalue weighted by Crippen LogP contribution is 2.42. The highest BCUT2D eigenvalue weighted by Gasteiger charge is 2.40. The van der Waals surface area contributed by atoms with Crippen LogP contribution in [0.5, 0.6) is 0 Å². The van der Waals surface area contributed by atoms with E-state index < -0.39 is 0 Å². The summed E-state index contributed by atoms with van der Waals surface area (Å²) in [5.41, 5.74) is 4.79. The van der Waals surface area contributed by atoms with Crippen molar-refractivity contribution in [1.29, 1.82) is 0 Å². The van der Waals surface area contributed by atoms with E-state index in [1.54, 1.807) is 4.90 Å². The molecule has 1 aromatic heterocycles. The molecule has 0 aliphatic carbocycles. The first-order valence-corrected chi connectivity index (χ1v) is 11.8. The van der Waals surface area contributed by atoms with Crippen molar-refractivity contribution in [2.45, 2.75) is 52.5 Å². The van der Waals surface area contributed by atoms with Gasteiger partial charge in [0.05, 0.1) is 6.04 Å². The molecule has 32 heavy (non-hydrogen) atoms. The Kier molecular flexibility index (Phi) is 6.63. The molecule has 0 spiro atoms. The van der Waals surface area contributed by atoms with Gasteiger partial charge in [-0.15, -0.1) is 0 Å². The first kappa shape index (κ1) is 22.1. The van der Waals surface area contributed by atoms with Crippen molar-refractivity contribution in [2.24, 2.45) is 5.92 Å². The number of carbonyl (C=O) groups is 2. The third-order valence-electron chi connectivity index (χ3n) is 6.72. The summed E-state index contributed by atoms with van der Waals surface area (Å²) in [5.74, 6) is 0.309. The molecular formula is C27H33N3O2. The summed E-state index contributed by atoms with van der Waals surface area (Å²) in [6, 6.07) is 15.6. The topological polar surface area (TPSA) is 65.2 Å².